The first-order valence-electron chi connectivity index (χ1n) is 6.20. The molecule has 2 aromatic carbocycles. The molecular formula is C15H10ClN3O2. The molecule has 3 rings (SSSR count). The molecule has 3 aromatic rings. The average molecular weight is 300 g/mol. The van der Waals surface area contributed by atoms with Gasteiger partial charge in [0.2, 0.25) is 0 Å². The van der Waals surface area contributed by atoms with Gasteiger partial charge in [-0.15, -0.1) is 0 Å². The second-order valence-electron chi connectivity index (χ2n) is 4.40. The van der Waals surface area contributed by atoms with E-state index in [0.29, 0.717) is 10.7 Å². The number of halogens is 1. The van der Waals surface area contributed by atoms with E-state index in [4.69, 9.17) is 11.6 Å². The van der Waals surface area contributed by atoms with Gasteiger partial charge in [-0.3, -0.25) is 10.1 Å². The average Bonchev–Trinajstić information content (AvgIpc) is 2.97. The number of rotatable bonds is 3. The minimum absolute atomic E-state index is 0.00584. The lowest BCUT2D eigenvalue weighted by Crippen LogP contribution is -1.99. The Labute approximate surface area is 125 Å². The first-order valence-corrected chi connectivity index (χ1v) is 6.58. The van der Waals surface area contributed by atoms with Crippen molar-refractivity contribution < 1.29 is 4.92 Å². The van der Waals surface area contributed by atoms with Gasteiger partial charge in [-0.25, -0.2) is 4.68 Å². The van der Waals surface area contributed by atoms with Gasteiger partial charge in [0.15, 0.2) is 0 Å². The number of nitrogens with zero attached hydrogens (tertiary/aromatic N) is 3. The zero-order chi connectivity index (χ0) is 14.8. The highest BCUT2D eigenvalue weighted by atomic mass is 35.5. The summed E-state index contributed by atoms with van der Waals surface area (Å²) < 4.78 is 1.48. The fraction of sp³-hybridized carbons (Fsp3) is 0. The smallest absolute Gasteiger partial charge is 0.258 e. The van der Waals surface area contributed by atoms with E-state index >= 15 is 0 Å². The molecule has 6 heteroatoms. The van der Waals surface area contributed by atoms with E-state index < -0.39 is 4.92 Å². The first kappa shape index (κ1) is 13.3. The lowest BCUT2D eigenvalue weighted by Gasteiger charge is -2.02. The molecule has 0 aliphatic rings. The van der Waals surface area contributed by atoms with E-state index in [2.05, 4.69) is 5.10 Å². The summed E-state index contributed by atoms with van der Waals surface area (Å²) in [6.07, 6.45) is 3.36. The highest BCUT2D eigenvalue weighted by Crippen LogP contribution is 2.29. The van der Waals surface area contributed by atoms with Gasteiger partial charge in [-0.2, -0.15) is 5.10 Å². The predicted molar refractivity (Wildman–Crippen MR) is 80.7 cm³/mol. The number of nitro benzene ring substituents is 1. The summed E-state index contributed by atoms with van der Waals surface area (Å²) in [5, 5.41) is 15.9. The Morgan fingerprint density at radius 2 is 1.81 bits per heavy atom. The van der Waals surface area contributed by atoms with Crippen molar-refractivity contribution in [1.82, 2.24) is 9.78 Å². The summed E-state index contributed by atoms with van der Waals surface area (Å²) in [6, 6.07) is 13.9. The SMILES string of the molecule is O=[N+]([O-])c1ccccc1-n1cc(-c2ccccc2Cl)cn1. The molecule has 5 nitrogen and oxygen atoms in total. The van der Waals surface area contributed by atoms with E-state index in [0.717, 1.165) is 11.1 Å². The lowest BCUT2D eigenvalue weighted by molar-refractivity contribution is -0.384. The van der Waals surface area contributed by atoms with Crippen LogP contribution >= 0.6 is 11.6 Å². The summed E-state index contributed by atoms with van der Waals surface area (Å²) in [4.78, 5) is 10.6. The molecular weight excluding hydrogens is 290 g/mol. The van der Waals surface area contributed by atoms with Gasteiger partial charge >= 0.3 is 0 Å². The topological polar surface area (TPSA) is 61.0 Å². The Bertz CT molecular complexity index is 814. The molecule has 104 valence electrons. The van der Waals surface area contributed by atoms with Crippen molar-refractivity contribution in [3.8, 4) is 16.8 Å². The third-order valence-corrected chi connectivity index (χ3v) is 3.42. The maximum Gasteiger partial charge on any atom is 0.294 e. The molecule has 0 saturated heterocycles. The number of nitro groups is 1. The van der Waals surface area contributed by atoms with Crippen molar-refractivity contribution in [1.29, 1.82) is 0 Å². The number of benzene rings is 2. The second-order valence-corrected chi connectivity index (χ2v) is 4.81. The van der Waals surface area contributed by atoms with Crippen LogP contribution in [0.2, 0.25) is 5.02 Å². The van der Waals surface area contributed by atoms with E-state index in [1.165, 1.54) is 10.7 Å². The standard InChI is InChI=1S/C15H10ClN3O2/c16-13-6-2-1-5-12(13)11-9-17-18(10-11)14-7-3-4-8-15(14)19(20)21/h1-10H. The molecule has 0 saturated carbocycles. The van der Waals surface area contributed by atoms with Crippen molar-refractivity contribution in [2.45, 2.75) is 0 Å². The molecule has 0 fully saturated rings. The number of hydrogen-bond donors (Lipinski definition) is 0. The summed E-state index contributed by atoms with van der Waals surface area (Å²) in [7, 11) is 0. The lowest BCUT2D eigenvalue weighted by atomic mass is 10.1. The van der Waals surface area contributed by atoms with Gasteiger partial charge in [-0.05, 0) is 12.1 Å². The largest absolute Gasteiger partial charge is 0.294 e. The van der Waals surface area contributed by atoms with E-state index in [9.17, 15) is 10.1 Å². The van der Waals surface area contributed by atoms with Crippen molar-refractivity contribution in [2.75, 3.05) is 0 Å². The van der Waals surface area contributed by atoms with Crippen molar-refractivity contribution in [3.05, 3.63) is 76.1 Å². The van der Waals surface area contributed by atoms with Gasteiger partial charge in [0.25, 0.3) is 5.69 Å². The van der Waals surface area contributed by atoms with Crippen LogP contribution in [0.3, 0.4) is 0 Å². The molecule has 0 bridgehead atoms. The van der Waals surface area contributed by atoms with Gasteiger partial charge in [-0.1, -0.05) is 41.9 Å². The van der Waals surface area contributed by atoms with Crippen LogP contribution in [0, 0.1) is 10.1 Å². The van der Waals surface area contributed by atoms with Gasteiger partial charge in [0.1, 0.15) is 5.69 Å². The molecule has 1 heterocycles. The fourth-order valence-corrected chi connectivity index (χ4v) is 2.35. The molecule has 1 aromatic heterocycles. The summed E-state index contributed by atoms with van der Waals surface area (Å²) in [5.41, 5.74) is 2.06. The zero-order valence-corrected chi connectivity index (χ0v) is 11.6. The van der Waals surface area contributed by atoms with Crippen LogP contribution in [0.4, 0.5) is 5.69 Å². The maximum atomic E-state index is 11.1. The van der Waals surface area contributed by atoms with Crippen LogP contribution in [-0.4, -0.2) is 14.7 Å². The summed E-state index contributed by atoms with van der Waals surface area (Å²) >= 11 is 6.15. The monoisotopic (exact) mass is 299 g/mol. The molecule has 0 radical (unpaired) electrons. The Balaban J connectivity index is 2.08. The minimum atomic E-state index is -0.424. The molecule has 0 unspecified atom stereocenters. The molecule has 0 aliphatic carbocycles. The van der Waals surface area contributed by atoms with Crippen LogP contribution in [0.25, 0.3) is 16.8 Å². The quantitative estimate of drug-likeness (QED) is 0.540. The Morgan fingerprint density at radius 1 is 1.10 bits per heavy atom. The molecule has 0 amide bonds. The second kappa shape index (κ2) is 5.38. The first-order chi connectivity index (χ1) is 10.2. The Morgan fingerprint density at radius 3 is 2.57 bits per heavy atom. The minimum Gasteiger partial charge on any atom is -0.258 e. The predicted octanol–water partition coefficient (Wildman–Crippen LogP) is 4.10. The normalized spacial score (nSPS) is 10.5. The highest BCUT2D eigenvalue weighted by molar-refractivity contribution is 6.33. The van der Waals surface area contributed by atoms with Crippen LogP contribution in [0.15, 0.2) is 60.9 Å². The number of para-hydroxylation sites is 2. The van der Waals surface area contributed by atoms with Gasteiger partial charge in [0, 0.05) is 28.4 Å². The number of aromatic nitrogens is 2. The number of hydrogen-bond acceptors (Lipinski definition) is 3. The zero-order valence-electron chi connectivity index (χ0n) is 10.8. The maximum absolute atomic E-state index is 11.1. The summed E-state index contributed by atoms with van der Waals surface area (Å²) in [5.74, 6) is 0. The van der Waals surface area contributed by atoms with Gasteiger partial charge < -0.3 is 0 Å². The van der Waals surface area contributed by atoms with Crippen molar-refractivity contribution in [3.63, 3.8) is 0 Å². The Hall–Kier alpha value is -2.66. The van der Waals surface area contributed by atoms with E-state index in [-0.39, 0.29) is 5.69 Å². The van der Waals surface area contributed by atoms with Crippen LogP contribution in [0.1, 0.15) is 0 Å². The van der Waals surface area contributed by atoms with Crippen molar-refractivity contribution in [2.24, 2.45) is 0 Å². The summed E-state index contributed by atoms with van der Waals surface area (Å²) in [6.45, 7) is 0. The fourth-order valence-electron chi connectivity index (χ4n) is 2.10. The molecule has 0 N–H and O–H groups in total. The third-order valence-electron chi connectivity index (χ3n) is 3.09. The van der Waals surface area contributed by atoms with E-state index in [1.807, 2.05) is 18.2 Å². The van der Waals surface area contributed by atoms with Gasteiger partial charge in [0.05, 0.1) is 11.1 Å². The van der Waals surface area contributed by atoms with Crippen LogP contribution < -0.4 is 0 Å². The highest BCUT2D eigenvalue weighted by Gasteiger charge is 2.15. The van der Waals surface area contributed by atoms with Crippen molar-refractivity contribution >= 4 is 17.3 Å². The molecule has 0 aliphatic heterocycles. The molecule has 0 atom stereocenters. The van der Waals surface area contributed by atoms with Crippen LogP contribution in [0.5, 0.6) is 0 Å². The Kier molecular flexibility index (Phi) is 3.41. The van der Waals surface area contributed by atoms with Crippen LogP contribution in [-0.2, 0) is 0 Å². The molecule has 0 spiro atoms. The molecule has 21 heavy (non-hydrogen) atoms. The van der Waals surface area contributed by atoms with E-state index in [1.54, 1.807) is 36.7 Å². The third kappa shape index (κ3) is 2.51.